The Morgan fingerprint density at radius 3 is 2.33 bits per heavy atom. The fraction of sp³-hybridized carbons (Fsp3) is 0.158. The minimum absolute atomic E-state index is 0.149. The fourth-order valence-electron chi connectivity index (χ4n) is 2.66. The van der Waals surface area contributed by atoms with Gasteiger partial charge in [0.25, 0.3) is 0 Å². The van der Waals surface area contributed by atoms with Crippen molar-refractivity contribution in [3.63, 3.8) is 0 Å². The largest absolute Gasteiger partial charge is 0.493 e. The first-order valence-electron chi connectivity index (χ1n) is 8.28. The van der Waals surface area contributed by atoms with Crippen molar-refractivity contribution in [2.75, 3.05) is 18.6 Å². The summed E-state index contributed by atoms with van der Waals surface area (Å²) in [5, 5.41) is 11.8. The van der Waals surface area contributed by atoms with Gasteiger partial charge in [0, 0.05) is 12.2 Å². The van der Waals surface area contributed by atoms with Crippen LogP contribution in [0.2, 0.25) is 0 Å². The summed E-state index contributed by atoms with van der Waals surface area (Å²) >= 11 is 0. The van der Waals surface area contributed by atoms with Gasteiger partial charge in [-0.2, -0.15) is 4.98 Å². The molecular weight excluding hydrogens is 348 g/mol. The summed E-state index contributed by atoms with van der Waals surface area (Å²) in [5.74, 6) is 0.787. The zero-order valence-electron chi connectivity index (χ0n) is 14.9. The van der Waals surface area contributed by atoms with Crippen LogP contribution in [0.1, 0.15) is 6.92 Å². The molecule has 138 valence electrons. The Hall–Kier alpha value is -3.68. The van der Waals surface area contributed by atoms with Crippen molar-refractivity contribution in [3.8, 4) is 17.4 Å². The number of nitro groups is 1. The molecule has 0 spiro atoms. The van der Waals surface area contributed by atoms with Gasteiger partial charge in [-0.05, 0) is 31.2 Å². The molecule has 1 aromatic heterocycles. The van der Waals surface area contributed by atoms with Gasteiger partial charge in [-0.25, -0.2) is 4.98 Å². The molecule has 0 aliphatic heterocycles. The third-order valence-corrected chi connectivity index (χ3v) is 3.87. The number of para-hydroxylation sites is 3. The molecule has 0 atom stereocenters. The van der Waals surface area contributed by atoms with Crippen molar-refractivity contribution in [3.05, 3.63) is 71.0 Å². The summed E-state index contributed by atoms with van der Waals surface area (Å²) in [7, 11) is 1.50. The number of benzene rings is 2. The van der Waals surface area contributed by atoms with Crippen LogP contribution in [-0.2, 0) is 0 Å². The Morgan fingerprint density at radius 1 is 1.04 bits per heavy atom. The third-order valence-electron chi connectivity index (χ3n) is 3.87. The molecular formula is C19H18N4O4. The van der Waals surface area contributed by atoms with Gasteiger partial charge in [-0.1, -0.05) is 30.3 Å². The first-order valence-corrected chi connectivity index (χ1v) is 8.28. The van der Waals surface area contributed by atoms with Crippen LogP contribution >= 0.6 is 0 Å². The van der Waals surface area contributed by atoms with Crippen molar-refractivity contribution in [2.24, 2.45) is 0 Å². The number of rotatable bonds is 7. The van der Waals surface area contributed by atoms with Crippen LogP contribution in [0, 0.1) is 10.1 Å². The normalized spacial score (nSPS) is 10.3. The molecule has 3 rings (SSSR count). The van der Waals surface area contributed by atoms with Crippen LogP contribution in [0.25, 0.3) is 0 Å². The molecule has 0 saturated heterocycles. The molecule has 0 saturated carbocycles. The summed E-state index contributed by atoms with van der Waals surface area (Å²) in [5.41, 5.74) is 0.471. The van der Waals surface area contributed by atoms with E-state index in [0.29, 0.717) is 18.0 Å². The summed E-state index contributed by atoms with van der Waals surface area (Å²) < 4.78 is 11.0. The van der Waals surface area contributed by atoms with E-state index in [0.717, 1.165) is 5.69 Å². The minimum Gasteiger partial charge on any atom is -0.493 e. The molecule has 0 radical (unpaired) electrons. The second kappa shape index (κ2) is 8.13. The lowest BCUT2D eigenvalue weighted by Crippen LogP contribution is -2.19. The van der Waals surface area contributed by atoms with Gasteiger partial charge in [0.05, 0.1) is 12.0 Å². The first kappa shape index (κ1) is 18.1. The first-order chi connectivity index (χ1) is 13.2. The van der Waals surface area contributed by atoms with Crippen LogP contribution in [0.15, 0.2) is 60.9 Å². The smallest absolute Gasteiger partial charge is 0.373 e. The van der Waals surface area contributed by atoms with Crippen LogP contribution < -0.4 is 14.4 Å². The summed E-state index contributed by atoms with van der Waals surface area (Å²) in [6.07, 6.45) is 1.25. The van der Waals surface area contributed by atoms with Gasteiger partial charge < -0.3 is 14.4 Å². The van der Waals surface area contributed by atoms with E-state index < -0.39 is 4.92 Å². The molecule has 0 bridgehead atoms. The summed E-state index contributed by atoms with van der Waals surface area (Å²) in [6.45, 7) is 2.37. The van der Waals surface area contributed by atoms with Crippen LogP contribution in [0.4, 0.5) is 17.2 Å². The maximum absolute atomic E-state index is 11.8. The molecule has 8 heteroatoms. The maximum atomic E-state index is 11.8. The average molecular weight is 366 g/mol. The number of anilines is 2. The van der Waals surface area contributed by atoms with E-state index in [1.165, 1.54) is 13.4 Å². The van der Waals surface area contributed by atoms with Crippen LogP contribution in [0.5, 0.6) is 17.4 Å². The van der Waals surface area contributed by atoms with Crippen molar-refractivity contribution in [1.29, 1.82) is 0 Å². The topological polar surface area (TPSA) is 90.6 Å². The lowest BCUT2D eigenvalue weighted by Gasteiger charge is -2.22. The molecule has 0 unspecified atom stereocenters. The van der Waals surface area contributed by atoms with Crippen LogP contribution in [-0.4, -0.2) is 28.5 Å². The Balaban J connectivity index is 2.09. The van der Waals surface area contributed by atoms with E-state index in [4.69, 9.17) is 9.47 Å². The van der Waals surface area contributed by atoms with E-state index in [-0.39, 0.29) is 17.4 Å². The van der Waals surface area contributed by atoms with Gasteiger partial charge in [-0.3, -0.25) is 10.1 Å². The number of methoxy groups -OCH3 is 1. The van der Waals surface area contributed by atoms with Gasteiger partial charge in [0.1, 0.15) is 6.33 Å². The number of aromatic nitrogens is 2. The Labute approximate surface area is 156 Å². The minimum atomic E-state index is -0.536. The number of ether oxygens (including phenoxy) is 2. The second-order valence-electron chi connectivity index (χ2n) is 5.44. The highest BCUT2D eigenvalue weighted by atomic mass is 16.6. The van der Waals surface area contributed by atoms with Crippen molar-refractivity contribution in [1.82, 2.24) is 9.97 Å². The van der Waals surface area contributed by atoms with E-state index in [1.807, 2.05) is 37.3 Å². The molecule has 8 nitrogen and oxygen atoms in total. The monoisotopic (exact) mass is 366 g/mol. The molecule has 1 heterocycles. The zero-order chi connectivity index (χ0) is 19.2. The predicted molar refractivity (Wildman–Crippen MR) is 101 cm³/mol. The van der Waals surface area contributed by atoms with Gasteiger partial charge >= 0.3 is 11.6 Å². The molecule has 0 fully saturated rings. The zero-order valence-corrected chi connectivity index (χ0v) is 14.9. The lowest BCUT2D eigenvalue weighted by atomic mass is 10.2. The molecule has 0 aliphatic carbocycles. The molecule has 3 aromatic rings. The third kappa shape index (κ3) is 3.79. The van der Waals surface area contributed by atoms with E-state index in [9.17, 15) is 10.1 Å². The highest BCUT2D eigenvalue weighted by Gasteiger charge is 2.29. The molecule has 27 heavy (non-hydrogen) atoms. The van der Waals surface area contributed by atoms with Crippen molar-refractivity contribution >= 4 is 17.2 Å². The van der Waals surface area contributed by atoms with E-state index in [1.54, 1.807) is 29.2 Å². The van der Waals surface area contributed by atoms with E-state index >= 15 is 0 Å². The van der Waals surface area contributed by atoms with Crippen molar-refractivity contribution in [2.45, 2.75) is 6.92 Å². The summed E-state index contributed by atoms with van der Waals surface area (Å²) in [6, 6.07) is 16.2. The van der Waals surface area contributed by atoms with E-state index in [2.05, 4.69) is 9.97 Å². The molecule has 0 aliphatic rings. The standard InChI is InChI=1S/C19H18N4O4/c1-3-22(14-9-5-4-6-10-14)18-17(23(24)25)19(21-13-20-18)27-16-12-8-7-11-15(16)26-2/h4-13H,3H2,1-2H3. The predicted octanol–water partition coefficient (Wildman–Crippen LogP) is 4.34. The maximum Gasteiger partial charge on any atom is 0.373 e. The summed E-state index contributed by atoms with van der Waals surface area (Å²) in [4.78, 5) is 21.2. The van der Waals surface area contributed by atoms with Gasteiger partial charge in [-0.15, -0.1) is 0 Å². The number of nitrogens with zero attached hydrogens (tertiary/aromatic N) is 4. The molecule has 0 amide bonds. The highest BCUT2D eigenvalue weighted by molar-refractivity contribution is 5.71. The number of hydrogen-bond donors (Lipinski definition) is 0. The average Bonchev–Trinajstić information content (AvgIpc) is 2.70. The Kier molecular flexibility index (Phi) is 5.46. The van der Waals surface area contributed by atoms with Crippen molar-refractivity contribution < 1.29 is 14.4 Å². The fourth-order valence-corrected chi connectivity index (χ4v) is 2.66. The molecule has 0 N–H and O–H groups in total. The second-order valence-corrected chi connectivity index (χ2v) is 5.44. The van der Waals surface area contributed by atoms with Crippen LogP contribution in [0.3, 0.4) is 0 Å². The van der Waals surface area contributed by atoms with Gasteiger partial charge in [0.2, 0.25) is 5.82 Å². The highest BCUT2D eigenvalue weighted by Crippen LogP contribution is 2.40. The lowest BCUT2D eigenvalue weighted by molar-refractivity contribution is -0.385. The number of hydrogen-bond acceptors (Lipinski definition) is 7. The quantitative estimate of drug-likeness (QED) is 0.453. The Bertz CT molecular complexity index is 934. The SMILES string of the molecule is CCN(c1ccccc1)c1ncnc(Oc2ccccc2OC)c1[N+](=O)[O-]. The molecule has 2 aromatic carbocycles. The van der Waals surface area contributed by atoms with Gasteiger partial charge in [0.15, 0.2) is 11.5 Å². The Morgan fingerprint density at radius 2 is 1.70 bits per heavy atom.